The lowest BCUT2D eigenvalue weighted by atomic mass is 9.87. The van der Waals surface area contributed by atoms with Crippen LogP contribution >= 0.6 is 0 Å². The summed E-state index contributed by atoms with van der Waals surface area (Å²) in [5.74, 6) is 0. The van der Waals surface area contributed by atoms with Crippen molar-refractivity contribution in [1.29, 1.82) is 0 Å². The Morgan fingerprint density at radius 3 is 1.18 bits per heavy atom. The van der Waals surface area contributed by atoms with Gasteiger partial charge in [0.05, 0.1) is 0 Å². The third-order valence-electron chi connectivity index (χ3n) is 5.98. The number of aryl methyl sites for hydroxylation is 2. The van der Waals surface area contributed by atoms with Crippen LogP contribution in [-0.4, -0.2) is 0 Å². The Labute approximate surface area is 199 Å². The van der Waals surface area contributed by atoms with Gasteiger partial charge in [-0.05, 0) is 72.4 Å². The maximum Gasteiger partial charge on any atom is 0.0462 e. The van der Waals surface area contributed by atoms with Crippen molar-refractivity contribution in [3.63, 3.8) is 0 Å². The zero-order valence-corrected chi connectivity index (χ0v) is 20.3. The number of hydrogen-bond acceptors (Lipinski definition) is 1. The molecule has 4 rings (SSSR count). The quantitative estimate of drug-likeness (QED) is 0.285. The van der Waals surface area contributed by atoms with Crippen molar-refractivity contribution in [2.24, 2.45) is 0 Å². The standard InChI is InChI=1S/C32H33N/c1-24-6-18-29(19-7-24)33(30-20-8-25(2)9-21-30)31-22-14-27(15-23-31)11-10-26-12-16-28(17-13-26)32(3,4)5/h6-23H,1-5H3/b11-10+. The zero-order chi connectivity index (χ0) is 23.4. The molecule has 0 N–H and O–H groups in total. The van der Waals surface area contributed by atoms with Crippen LogP contribution in [0.1, 0.15) is 48.6 Å². The van der Waals surface area contributed by atoms with E-state index in [0.29, 0.717) is 0 Å². The van der Waals surface area contributed by atoms with E-state index < -0.39 is 0 Å². The van der Waals surface area contributed by atoms with Crippen LogP contribution in [0.4, 0.5) is 17.1 Å². The van der Waals surface area contributed by atoms with Crippen LogP contribution in [0.2, 0.25) is 0 Å². The number of nitrogens with zero attached hydrogens (tertiary/aromatic N) is 1. The average molecular weight is 432 g/mol. The van der Waals surface area contributed by atoms with Crippen LogP contribution in [0, 0.1) is 13.8 Å². The zero-order valence-electron chi connectivity index (χ0n) is 20.3. The summed E-state index contributed by atoms with van der Waals surface area (Å²) in [6.07, 6.45) is 4.36. The summed E-state index contributed by atoms with van der Waals surface area (Å²) in [5, 5.41) is 0. The highest BCUT2D eigenvalue weighted by atomic mass is 15.1. The molecule has 0 saturated heterocycles. The molecule has 0 spiro atoms. The second-order valence-corrected chi connectivity index (χ2v) is 9.80. The molecule has 0 atom stereocenters. The largest absolute Gasteiger partial charge is 0.311 e. The molecule has 0 aliphatic rings. The van der Waals surface area contributed by atoms with Crippen LogP contribution in [0.3, 0.4) is 0 Å². The monoisotopic (exact) mass is 431 g/mol. The summed E-state index contributed by atoms with van der Waals surface area (Å²) < 4.78 is 0. The van der Waals surface area contributed by atoms with Gasteiger partial charge in [0.1, 0.15) is 0 Å². The Morgan fingerprint density at radius 2 is 0.818 bits per heavy atom. The van der Waals surface area contributed by atoms with Crippen molar-refractivity contribution in [2.45, 2.75) is 40.0 Å². The molecule has 0 aliphatic heterocycles. The highest BCUT2D eigenvalue weighted by Crippen LogP contribution is 2.35. The first-order chi connectivity index (χ1) is 15.8. The predicted octanol–water partition coefficient (Wildman–Crippen LogP) is 9.24. The number of hydrogen-bond donors (Lipinski definition) is 0. The first-order valence-corrected chi connectivity index (χ1v) is 11.6. The molecule has 0 radical (unpaired) electrons. The number of rotatable bonds is 5. The van der Waals surface area contributed by atoms with Crippen LogP contribution in [0.15, 0.2) is 97.1 Å². The molecule has 166 valence electrons. The Hall–Kier alpha value is -3.58. The number of benzene rings is 4. The summed E-state index contributed by atoms with van der Waals surface area (Å²) in [6.45, 7) is 11.0. The molecule has 33 heavy (non-hydrogen) atoms. The van der Waals surface area contributed by atoms with Crippen molar-refractivity contribution < 1.29 is 0 Å². The summed E-state index contributed by atoms with van der Waals surface area (Å²) in [4.78, 5) is 2.30. The first kappa shape index (κ1) is 22.6. The van der Waals surface area contributed by atoms with E-state index in [1.165, 1.54) is 27.8 Å². The smallest absolute Gasteiger partial charge is 0.0462 e. The highest BCUT2D eigenvalue weighted by Gasteiger charge is 2.13. The average Bonchev–Trinajstić information content (AvgIpc) is 2.81. The Morgan fingerprint density at radius 1 is 0.485 bits per heavy atom. The fourth-order valence-electron chi connectivity index (χ4n) is 3.86. The van der Waals surface area contributed by atoms with Gasteiger partial charge in [0.15, 0.2) is 0 Å². The second kappa shape index (κ2) is 9.50. The molecule has 0 saturated carbocycles. The molecule has 0 bridgehead atoms. The number of anilines is 3. The summed E-state index contributed by atoms with van der Waals surface area (Å²) in [6, 6.07) is 35.0. The lowest BCUT2D eigenvalue weighted by molar-refractivity contribution is 0.590. The maximum atomic E-state index is 2.30. The van der Waals surface area contributed by atoms with E-state index >= 15 is 0 Å². The lowest BCUT2D eigenvalue weighted by Gasteiger charge is -2.25. The molecule has 0 aromatic heterocycles. The van der Waals surface area contributed by atoms with Crippen LogP contribution in [0.25, 0.3) is 12.2 Å². The van der Waals surface area contributed by atoms with Crippen molar-refractivity contribution >= 4 is 29.2 Å². The fourth-order valence-corrected chi connectivity index (χ4v) is 3.86. The van der Waals surface area contributed by atoms with Crippen molar-refractivity contribution in [2.75, 3.05) is 4.90 Å². The van der Waals surface area contributed by atoms with Gasteiger partial charge in [0, 0.05) is 17.1 Å². The Balaban J connectivity index is 1.59. The molecule has 0 heterocycles. The highest BCUT2D eigenvalue weighted by molar-refractivity contribution is 5.78. The second-order valence-electron chi connectivity index (χ2n) is 9.80. The maximum absolute atomic E-state index is 2.30. The van der Waals surface area contributed by atoms with Gasteiger partial charge in [0.2, 0.25) is 0 Å². The minimum absolute atomic E-state index is 0.179. The van der Waals surface area contributed by atoms with E-state index in [0.717, 1.165) is 17.1 Å². The molecule has 0 unspecified atom stereocenters. The van der Waals surface area contributed by atoms with E-state index in [-0.39, 0.29) is 5.41 Å². The molecule has 1 nitrogen and oxygen atoms in total. The molecular weight excluding hydrogens is 398 g/mol. The van der Waals surface area contributed by atoms with Gasteiger partial charge in [0.25, 0.3) is 0 Å². The minimum Gasteiger partial charge on any atom is -0.311 e. The van der Waals surface area contributed by atoms with Crippen LogP contribution in [0.5, 0.6) is 0 Å². The van der Waals surface area contributed by atoms with E-state index in [4.69, 9.17) is 0 Å². The summed E-state index contributed by atoms with van der Waals surface area (Å²) >= 11 is 0. The SMILES string of the molecule is Cc1ccc(N(c2ccc(C)cc2)c2ccc(/C=C/c3ccc(C(C)(C)C)cc3)cc2)cc1. The van der Waals surface area contributed by atoms with Gasteiger partial charge in [-0.3, -0.25) is 0 Å². The van der Waals surface area contributed by atoms with E-state index in [1.807, 2.05) is 0 Å². The van der Waals surface area contributed by atoms with Crippen molar-refractivity contribution in [1.82, 2.24) is 0 Å². The van der Waals surface area contributed by atoms with Crippen molar-refractivity contribution in [3.8, 4) is 0 Å². The normalized spacial score (nSPS) is 11.7. The third kappa shape index (κ3) is 5.62. The van der Waals surface area contributed by atoms with E-state index in [2.05, 4.69) is 149 Å². The molecule has 0 aliphatic carbocycles. The van der Waals surface area contributed by atoms with E-state index in [9.17, 15) is 0 Å². The topological polar surface area (TPSA) is 3.24 Å². The van der Waals surface area contributed by atoms with Gasteiger partial charge < -0.3 is 4.90 Å². The molecular formula is C32H33N. The van der Waals surface area contributed by atoms with Crippen LogP contribution in [-0.2, 0) is 5.41 Å². The van der Waals surface area contributed by atoms with Gasteiger partial charge >= 0.3 is 0 Å². The molecule has 0 fully saturated rings. The van der Waals surface area contributed by atoms with E-state index in [1.54, 1.807) is 0 Å². The molecule has 4 aromatic rings. The van der Waals surface area contributed by atoms with Crippen LogP contribution < -0.4 is 4.90 Å². The van der Waals surface area contributed by atoms with Gasteiger partial charge in [-0.1, -0.05) is 105 Å². The first-order valence-electron chi connectivity index (χ1n) is 11.6. The minimum atomic E-state index is 0.179. The van der Waals surface area contributed by atoms with Crippen molar-refractivity contribution in [3.05, 3.63) is 125 Å². The predicted molar refractivity (Wildman–Crippen MR) is 145 cm³/mol. The molecule has 0 amide bonds. The van der Waals surface area contributed by atoms with Gasteiger partial charge in [-0.2, -0.15) is 0 Å². The molecule has 4 aromatic carbocycles. The Kier molecular flexibility index (Phi) is 6.51. The molecule has 1 heteroatoms. The summed E-state index contributed by atoms with van der Waals surface area (Å²) in [7, 11) is 0. The fraction of sp³-hybridized carbons (Fsp3) is 0.188. The Bertz CT molecular complexity index is 1160. The third-order valence-corrected chi connectivity index (χ3v) is 5.98. The van der Waals surface area contributed by atoms with Gasteiger partial charge in [-0.15, -0.1) is 0 Å². The lowest BCUT2D eigenvalue weighted by Crippen LogP contribution is -2.10. The van der Waals surface area contributed by atoms with Gasteiger partial charge in [-0.25, -0.2) is 0 Å². The summed E-state index contributed by atoms with van der Waals surface area (Å²) in [5.41, 5.74) is 9.93.